The van der Waals surface area contributed by atoms with Crippen LogP contribution in [-0.2, 0) is 11.2 Å². The molecule has 0 aliphatic heterocycles. The van der Waals surface area contributed by atoms with Crippen LogP contribution in [0.25, 0.3) is 0 Å². The average molecular weight is 248 g/mol. The molecule has 0 atom stereocenters. The average Bonchev–Trinajstić information content (AvgIpc) is 2.32. The maximum Gasteiger partial charge on any atom is 0.135 e. The van der Waals surface area contributed by atoms with Crippen molar-refractivity contribution in [2.24, 2.45) is 5.92 Å². The van der Waals surface area contributed by atoms with Crippen LogP contribution in [0, 0.1) is 12.8 Å². The SMILES string of the molecule is CCOc1ccc(C)cc1CCCC(=O)C(C)C. The Kier molecular flexibility index (Phi) is 5.90. The number of hydrogen-bond acceptors (Lipinski definition) is 2. The van der Waals surface area contributed by atoms with Crippen LogP contribution < -0.4 is 4.74 Å². The van der Waals surface area contributed by atoms with Crippen molar-refractivity contribution in [1.82, 2.24) is 0 Å². The number of aryl methyl sites for hydroxylation is 2. The largest absolute Gasteiger partial charge is 0.494 e. The highest BCUT2D eigenvalue weighted by Gasteiger charge is 2.08. The van der Waals surface area contributed by atoms with Gasteiger partial charge in [-0.15, -0.1) is 0 Å². The quantitative estimate of drug-likeness (QED) is 0.730. The van der Waals surface area contributed by atoms with Gasteiger partial charge in [-0.25, -0.2) is 0 Å². The van der Waals surface area contributed by atoms with Crippen molar-refractivity contribution in [3.63, 3.8) is 0 Å². The molecule has 0 aliphatic rings. The summed E-state index contributed by atoms with van der Waals surface area (Å²) in [5.74, 6) is 1.45. The Hall–Kier alpha value is -1.31. The van der Waals surface area contributed by atoms with E-state index in [4.69, 9.17) is 4.74 Å². The van der Waals surface area contributed by atoms with E-state index in [2.05, 4.69) is 19.1 Å². The van der Waals surface area contributed by atoms with Gasteiger partial charge in [-0.3, -0.25) is 4.79 Å². The van der Waals surface area contributed by atoms with E-state index in [1.807, 2.05) is 26.8 Å². The Labute approximate surface area is 110 Å². The highest BCUT2D eigenvalue weighted by molar-refractivity contribution is 5.80. The zero-order valence-corrected chi connectivity index (χ0v) is 12.0. The van der Waals surface area contributed by atoms with Gasteiger partial charge in [-0.2, -0.15) is 0 Å². The van der Waals surface area contributed by atoms with Gasteiger partial charge in [-0.1, -0.05) is 31.5 Å². The summed E-state index contributed by atoms with van der Waals surface area (Å²) in [5.41, 5.74) is 2.46. The molecule has 2 heteroatoms. The number of Topliss-reactive ketones (excluding diaryl/α,β-unsaturated/α-hetero) is 1. The zero-order chi connectivity index (χ0) is 13.5. The molecule has 2 nitrogen and oxygen atoms in total. The highest BCUT2D eigenvalue weighted by Crippen LogP contribution is 2.22. The molecule has 0 radical (unpaired) electrons. The molecule has 1 rings (SSSR count). The van der Waals surface area contributed by atoms with E-state index < -0.39 is 0 Å². The summed E-state index contributed by atoms with van der Waals surface area (Å²) in [4.78, 5) is 11.6. The first kappa shape index (κ1) is 14.7. The maximum absolute atomic E-state index is 11.6. The molecule has 0 aromatic heterocycles. The maximum atomic E-state index is 11.6. The lowest BCUT2D eigenvalue weighted by molar-refractivity contribution is -0.121. The Balaban J connectivity index is 2.60. The number of ether oxygens (including phenoxy) is 1. The third kappa shape index (κ3) is 4.52. The van der Waals surface area contributed by atoms with Gasteiger partial charge >= 0.3 is 0 Å². The van der Waals surface area contributed by atoms with Crippen LogP contribution in [-0.4, -0.2) is 12.4 Å². The molecule has 0 amide bonds. The Morgan fingerprint density at radius 2 is 2.06 bits per heavy atom. The number of benzene rings is 1. The number of hydrogen-bond donors (Lipinski definition) is 0. The second-order valence-corrected chi connectivity index (χ2v) is 5.02. The molecule has 100 valence electrons. The number of ketones is 1. The normalized spacial score (nSPS) is 10.7. The molecule has 0 spiro atoms. The van der Waals surface area contributed by atoms with Gasteiger partial charge in [0.15, 0.2) is 0 Å². The van der Waals surface area contributed by atoms with E-state index in [1.165, 1.54) is 11.1 Å². The topological polar surface area (TPSA) is 26.3 Å². The summed E-state index contributed by atoms with van der Waals surface area (Å²) in [6.07, 6.45) is 2.48. The van der Waals surface area contributed by atoms with Gasteiger partial charge in [-0.05, 0) is 38.3 Å². The fraction of sp³-hybridized carbons (Fsp3) is 0.562. The molecule has 0 bridgehead atoms. The van der Waals surface area contributed by atoms with Crippen LogP contribution in [0.5, 0.6) is 5.75 Å². The van der Waals surface area contributed by atoms with Crippen molar-refractivity contribution in [2.45, 2.75) is 47.0 Å². The molecular formula is C16H24O2. The van der Waals surface area contributed by atoms with E-state index in [1.54, 1.807) is 0 Å². The first-order valence-corrected chi connectivity index (χ1v) is 6.79. The van der Waals surface area contributed by atoms with Crippen molar-refractivity contribution in [3.8, 4) is 5.75 Å². The number of carbonyl (C=O) groups is 1. The van der Waals surface area contributed by atoms with Gasteiger partial charge in [0, 0.05) is 12.3 Å². The molecule has 1 aromatic rings. The van der Waals surface area contributed by atoms with E-state index in [0.717, 1.165) is 18.6 Å². The fourth-order valence-corrected chi connectivity index (χ4v) is 1.94. The molecule has 0 aliphatic carbocycles. The van der Waals surface area contributed by atoms with Crippen molar-refractivity contribution in [1.29, 1.82) is 0 Å². The summed E-state index contributed by atoms with van der Waals surface area (Å²) in [6.45, 7) is 8.67. The predicted octanol–water partition coefficient (Wildman–Crippen LogP) is 3.94. The fourth-order valence-electron chi connectivity index (χ4n) is 1.94. The molecule has 0 N–H and O–H groups in total. The predicted molar refractivity (Wildman–Crippen MR) is 75.1 cm³/mol. The Morgan fingerprint density at radius 1 is 1.33 bits per heavy atom. The highest BCUT2D eigenvalue weighted by atomic mass is 16.5. The van der Waals surface area contributed by atoms with Gasteiger partial charge in [0.2, 0.25) is 0 Å². The molecule has 0 saturated heterocycles. The van der Waals surface area contributed by atoms with E-state index in [9.17, 15) is 4.79 Å². The summed E-state index contributed by atoms with van der Waals surface area (Å²) < 4.78 is 5.61. The second kappa shape index (κ2) is 7.20. The molecule has 1 aromatic carbocycles. The lowest BCUT2D eigenvalue weighted by Crippen LogP contribution is -2.07. The van der Waals surface area contributed by atoms with Gasteiger partial charge in [0.25, 0.3) is 0 Å². The van der Waals surface area contributed by atoms with Crippen LogP contribution >= 0.6 is 0 Å². The molecule has 0 heterocycles. The van der Waals surface area contributed by atoms with Crippen molar-refractivity contribution < 1.29 is 9.53 Å². The third-order valence-corrected chi connectivity index (χ3v) is 3.03. The summed E-state index contributed by atoms with van der Waals surface area (Å²) in [5, 5.41) is 0. The minimum atomic E-state index is 0.147. The lowest BCUT2D eigenvalue weighted by atomic mass is 10.00. The molecule has 0 fully saturated rings. The minimum Gasteiger partial charge on any atom is -0.494 e. The van der Waals surface area contributed by atoms with Crippen LogP contribution in [0.15, 0.2) is 18.2 Å². The van der Waals surface area contributed by atoms with Crippen LogP contribution in [0.2, 0.25) is 0 Å². The summed E-state index contributed by atoms with van der Waals surface area (Å²) in [7, 11) is 0. The Bertz CT molecular complexity index is 394. The van der Waals surface area contributed by atoms with E-state index >= 15 is 0 Å². The number of carbonyl (C=O) groups excluding carboxylic acids is 1. The Morgan fingerprint density at radius 3 is 2.67 bits per heavy atom. The van der Waals surface area contributed by atoms with Gasteiger partial charge in [0.1, 0.15) is 11.5 Å². The molecular weight excluding hydrogens is 224 g/mol. The van der Waals surface area contributed by atoms with E-state index in [-0.39, 0.29) is 5.92 Å². The minimum absolute atomic E-state index is 0.147. The van der Waals surface area contributed by atoms with Gasteiger partial charge in [0.05, 0.1) is 6.61 Å². The first-order valence-electron chi connectivity index (χ1n) is 6.79. The molecule has 0 saturated carbocycles. The zero-order valence-electron chi connectivity index (χ0n) is 12.0. The van der Waals surface area contributed by atoms with Gasteiger partial charge < -0.3 is 4.74 Å². The smallest absolute Gasteiger partial charge is 0.135 e. The monoisotopic (exact) mass is 248 g/mol. The third-order valence-electron chi connectivity index (χ3n) is 3.03. The number of rotatable bonds is 7. The standard InChI is InChI=1S/C16H24O2/c1-5-18-16-10-9-13(4)11-14(16)7-6-8-15(17)12(2)3/h9-12H,5-8H2,1-4H3. The molecule has 18 heavy (non-hydrogen) atoms. The van der Waals surface area contributed by atoms with Crippen LogP contribution in [0.4, 0.5) is 0 Å². The van der Waals surface area contributed by atoms with Crippen molar-refractivity contribution in [3.05, 3.63) is 29.3 Å². The van der Waals surface area contributed by atoms with Crippen LogP contribution in [0.3, 0.4) is 0 Å². The van der Waals surface area contributed by atoms with Crippen molar-refractivity contribution in [2.75, 3.05) is 6.61 Å². The molecule has 0 unspecified atom stereocenters. The second-order valence-electron chi connectivity index (χ2n) is 5.02. The van der Waals surface area contributed by atoms with Crippen LogP contribution in [0.1, 0.15) is 44.7 Å². The first-order chi connectivity index (χ1) is 8.54. The van der Waals surface area contributed by atoms with Crippen molar-refractivity contribution >= 4 is 5.78 Å². The summed E-state index contributed by atoms with van der Waals surface area (Å²) in [6, 6.07) is 6.25. The van der Waals surface area contributed by atoms with E-state index in [0.29, 0.717) is 18.8 Å². The summed E-state index contributed by atoms with van der Waals surface area (Å²) >= 11 is 0. The lowest BCUT2D eigenvalue weighted by Gasteiger charge is -2.11.